The van der Waals surface area contributed by atoms with Crippen molar-refractivity contribution in [1.29, 1.82) is 0 Å². The highest BCUT2D eigenvalue weighted by Gasteiger charge is 2.32. The van der Waals surface area contributed by atoms with E-state index < -0.39 is 6.04 Å². The Hall–Kier alpha value is -3.03. The number of hydrogen-bond donors (Lipinski definition) is 2. The van der Waals surface area contributed by atoms with Crippen LogP contribution in [-0.4, -0.2) is 44.7 Å². The van der Waals surface area contributed by atoms with Gasteiger partial charge >= 0.3 is 0 Å². The number of rotatable bonds is 6. The molecule has 2 atom stereocenters. The van der Waals surface area contributed by atoms with Crippen LogP contribution in [0.3, 0.4) is 0 Å². The van der Waals surface area contributed by atoms with Crippen molar-refractivity contribution in [3.8, 4) is 17.2 Å². The molecule has 0 amide bonds. The van der Waals surface area contributed by atoms with E-state index in [1.54, 1.807) is 12.1 Å². The second-order valence-electron chi connectivity index (χ2n) is 6.54. The van der Waals surface area contributed by atoms with Crippen molar-refractivity contribution >= 4 is 16.7 Å². The quantitative estimate of drug-likeness (QED) is 0.638. The topological polar surface area (TPSA) is 81.8 Å². The average molecular weight is 382 g/mol. The van der Waals surface area contributed by atoms with Gasteiger partial charge in [0.1, 0.15) is 6.23 Å². The van der Waals surface area contributed by atoms with E-state index >= 15 is 0 Å². The average Bonchev–Trinajstić information content (AvgIpc) is 3.40. The van der Waals surface area contributed by atoms with Gasteiger partial charge in [0, 0.05) is 17.3 Å². The van der Waals surface area contributed by atoms with Gasteiger partial charge in [-0.2, -0.15) is 0 Å². The number of benzene rings is 2. The Morgan fingerprint density at radius 3 is 2.46 bits per heavy atom. The maximum atomic E-state index is 13.0. The number of ether oxygens (including phenoxy) is 4. The summed E-state index contributed by atoms with van der Waals surface area (Å²) in [5, 5.41) is 4.37. The summed E-state index contributed by atoms with van der Waals surface area (Å²) >= 11 is 0. The largest absolute Gasteiger partial charge is 0.493 e. The summed E-state index contributed by atoms with van der Waals surface area (Å²) in [5.41, 5.74) is 2.51. The minimum absolute atomic E-state index is 0.0931. The van der Waals surface area contributed by atoms with Gasteiger partial charge in [0.05, 0.1) is 34.0 Å². The minimum Gasteiger partial charge on any atom is -0.493 e. The number of Topliss-reactive ketones (excluding diaryl/α,β-unsaturated/α-hetero) is 1. The fraction of sp³-hybridized carbons (Fsp3) is 0.286. The van der Waals surface area contributed by atoms with Crippen molar-refractivity contribution in [2.75, 3.05) is 27.9 Å². The molecule has 3 aromatic rings. The second kappa shape index (κ2) is 7.53. The fourth-order valence-electron chi connectivity index (χ4n) is 3.47. The van der Waals surface area contributed by atoms with E-state index in [1.807, 2.05) is 24.4 Å². The molecule has 28 heavy (non-hydrogen) atoms. The molecule has 2 N–H and O–H groups in total. The predicted octanol–water partition coefficient (Wildman–Crippen LogP) is 3.06. The lowest BCUT2D eigenvalue weighted by Gasteiger charge is -2.15. The first-order chi connectivity index (χ1) is 13.6. The summed E-state index contributed by atoms with van der Waals surface area (Å²) < 4.78 is 21.9. The Morgan fingerprint density at radius 2 is 1.79 bits per heavy atom. The van der Waals surface area contributed by atoms with Crippen LogP contribution in [0.1, 0.15) is 22.1 Å². The molecule has 1 aliphatic heterocycles. The number of methoxy groups -OCH3 is 3. The molecule has 7 heteroatoms. The van der Waals surface area contributed by atoms with Gasteiger partial charge < -0.3 is 23.9 Å². The van der Waals surface area contributed by atoms with E-state index in [0.29, 0.717) is 22.8 Å². The lowest BCUT2D eigenvalue weighted by molar-refractivity contribution is 0.0908. The summed E-state index contributed by atoms with van der Waals surface area (Å²) in [4.78, 5) is 16.2. The Bertz CT molecular complexity index is 988. The van der Waals surface area contributed by atoms with Gasteiger partial charge in [-0.1, -0.05) is 6.07 Å². The molecule has 0 radical (unpaired) electrons. The molecule has 2 unspecified atom stereocenters. The molecule has 1 fully saturated rings. The molecule has 0 spiro atoms. The van der Waals surface area contributed by atoms with Crippen molar-refractivity contribution in [3.63, 3.8) is 0 Å². The Balaban J connectivity index is 1.56. The van der Waals surface area contributed by atoms with Crippen LogP contribution in [0.15, 0.2) is 42.6 Å². The van der Waals surface area contributed by atoms with Crippen LogP contribution >= 0.6 is 0 Å². The van der Waals surface area contributed by atoms with Gasteiger partial charge in [-0.25, -0.2) is 0 Å². The zero-order chi connectivity index (χ0) is 19.7. The summed E-state index contributed by atoms with van der Waals surface area (Å²) in [7, 11) is 4.57. The number of carbonyl (C=O) groups is 1. The number of aromatic amines is 1. The van der Waals surface area contributed by atoms with Crippen molar-refractivity contribution < 1.29 is 23.7 Å². The third kappa shape index (κ3) is 3.19. The summed E-state index contributed by atoms with van der Waals surface area (Å²) in [6, 6.07) is 10.9. The van der Waals surface area contributed by atoms with Crippen LogP contribution in [-0.2, 0) is 4.74 Å². The lowest BCUT2D eigenvalue weighted by atomic mass is 10.0. The fourth-order valence-corrected chi connectivity index (χ4v) is 3.47. The Morgan fingerprint density at radius 1 is 1.04 bits per heavy atom. The number of aromatic nitrogens is 1. The summed E-state index contributed by atoms with van der Waals surface area (Å²) in [5.74, 6) is 1.25. The highest BCUT2D eigenvalue weighted by molar-refractivity contribution is 6.01. The SMILES string of the molecule is COc1cc(C(=O)C2COC(c3ccc4[nH]ccc4c3)N2)cc(OC)c1OC. The summed E-state index contributed by atoms with van der Waals surface area (Å²) in [6.07, 6.45) is 1.56. The van der Waals surface area contributed by atoms with Gasteiger partial charge in [-0.05, 0) is 41.3 Å². The molecular formula is C21H22N2O5. The Kier molecular flexibility index (Phi) is 4.93. The van der Waals surface area contributed by atoms with E-state index in [4.69, 9.17) is 18.9 Å². The van der Waals surface area contributed by atoms with E-state index in [2.05, 4.69) is 16.4 Å². The maximum absolute atomic E-state index is 13.0. The first-order valence-electron chi connectivity index (χ1n) is 8.93. The molecule has 7 nitrogen and oxygen atoms in total. The zero-order valence-corrected chi connectivity index (χ0v) is 15.9. The van der Waals surface area contributed by atoms with Crippen LogP contribution < -0.4 is 19.5 Å². The highest BCUT2D eigenvalue weighted by Crippen LogP contribution is 2.38. The van der Waals surface area contributed by atoms with Gasteiger partial charge in [-0.15, -0.1) is 0 Å². The number of hydrogen-bond acceptors (Lipinski definition) is 6. The van der Waals surface area contributed by atoms with Crippen molar-refractivity contribution in [2.45, 2.75) is 12.3 Å². The molecule has 0 saturated carbocycles. The molecule has 146 valence electrons. The molecular weight excluding hydrogens is 360 g/mol. The van der Waals surface area contributed by atoms with Gasteiger partial charge in [-0.3, -0.25) is 10.1 Å². The van der Waals surface area contributed by atoms with Crippen LogP contribution in [0.25, 0.3) is 10.9 Å². The highest BCUT2D eigenvalue weighted by atomic mass is 16.5. The molecule has 1 saturated heterocycles. The van der Waals surface area contributed by atoms with Gasteiger partial charge in [0.2, 0.25) is 5.75 Å². The number of H-pyrrole nitrogens is 1. The predicted molar refractivity (Wildman–Crippen MR) is 104 cm³/mol. The van der Waals surface area contributed by atoms with Crippen molar-refractivity contribution in [1.82, 2.24) is 10.3 Å². The molecule has 1 aromatic heterocycles. The van der Waals surface area contributed by atoms with E-state index in [9.17, 15) is 4.79 Å². The van der Waals surface area contributed by atoms with Crippen LogP contribution in [0, 0.1) is 0 Å². The monoisotopic (exact) mass is 382 g/mol. The lowest BCUT2D eigenvalue weighted by Crippen LogP contribution is -2.34. The first kappa shape index (κ1) is 18.3. The van der Waals surface area contributed by atoms with Gasteiger partial charge in [0.15, 0.2) is 17.3 Å². The van der Waals surface area contributed by atoms with Gasteiger partial charge in [0.25, 0.3) is 0 Å². The zero-order valence-electron chi connectivity index (χ0n) is 15.9. The molecule has 0 bridgehead atoms. The third-order valence-electron chi connectivity index (χ3n) is 4.93. The second-order valence-corrected chi connectivity index (χ2v) is 6.54. The third-order valence-corrected chi connectivity index (χ3v) is 4.93. The smallest absolute Gasteiger partial charge is 0.203 e. The number of fused-ring (bicyclic) bond motifs is 1. The number of ketones is 1. The molecule has 2 aromatic carbocycles. The molecule has 0 aliphatic carbocycles. The van der Waals surface area contributed by atoms with E-state index in [1.165, 1.54) is 21.3 Å². The van der Waals surface area contributed by atoms with Crippen LogP contribution in [0.4, 0.5) is 0 Å². The summed E-state index contributed by atoms with van der Waals surface area (Å²) in [6.45, 7) is 0.283. The van der Waals surface area contributed by atoms with E-state index in [0.717, 1.165) is 16.5 Å². The van der Waals surface area contributed by atoms with Crippen molar-refractivity contribution in [3.05, 3.63) is 53.7 Å². The van der Waals surface area contributed by atoms with Crippen molar-refractivity contribution in [2.24, 2.45) is 0 Å². The number of carbonyl (C=O) groups excluding carboxylic acids is 1. The van der Waals surface area contributed by atoms with Crippen LogP contribution in [0.5, 0.6) is 17.2 Å². The maximum Gasteiger partial charge on any atom is 0.203 e. The normalized spacial score (nSPS) is 19.0. The van der Waals surface area contributed by atoms with E-state index in [-0.39, 0.29) is 18.6 Å². The minimum atomic E-state index is -0.463. The first-order valence-corrected chi connectivity index (χ1v) is 8.93. The number of nitrogens with one attached hydrogen (secondary N) is 2. The molecule has 2 heterocycles. The van der Waals surface area contributed by atoms with Crippen LogP contribution in [0.2, 0.25) is 0 Å². The molecule has 1 aliphatic rings. The Labute approximate surface area is 162 Å². The standard InChI is InChI=1S/C21H22N2O5/c1-25-17-9-14(10-18(26-2)20(17)27-3)19(24)16-11-28-21(23-16)13-4-5-15-12(8-13)6-7-22-15/h4-10,16,21-23H,11H2,1-3H3. The molecule has 4 rings (SSSR count).